The van der Waals surface area contributed by atoms with Gasteiger partial charge in [-0.05, 0) is 41.8 Å². The topological polar surface area (TPSA) is 33.2 Å². The molecule has 0 spiro atoms. The van der Waals surface area contributed by atoms with Gasteiger partial charge in [-0.25, -0.2) is 9.37 Å². The molecular formula is C12H12BrFN2O. The molecule has 90 valence electrons. The Hall–Kier alpha value is -0.970. The monoisotopic (exact) mass is 298 g/mol. The van der Waals surface area contributed by atoms with E-state index in [1.807, 2.05) is 11.8 Å². The van der Waals surface area contributed by atoms with Gasteiger partial charge in [0.2, 0.25) is 0 Å². The van der Waals surface area contributed by atoms with Crippen LogP contribution in [0.2, 0.25) is 0 Å². The van der Waals surface area contributed by atoms with Gasteiger partial charge in [0.1, 0.15) is 10.4 Å². The number of hydrogen-bond donors (Lipinski definition) is 0. The molecule has 0 amide bonds. The Labute approximate surface area is 107 Å². The molecule has 1 saturated carbocycles. The lowest BCUT2D eigenvalue weighted by atomic mass is 9.98. The molecule has 1 aromatic heterocycles. The number of ketones is 1. The van der Waals surface area contributed by atoms with E-state index in [2.05, 4.69) is 20.9 Å². The highest BCUT2D eigenvalue weighted by Crippen LogP contribution is 2.38. The van der Waals surface area contributed by atoms with Crippen LogP contribution in [0.15, 0.2) is 10.7 Å². The maximum atomic E-state index is 13.4. The van der Waals surface area contributed by atoms with Gasteiger partial charge in [-0.15, -0.1) is 0 Å². The quantitative estimate of drug-likeness (QED) is 0.747. The van der Waals surface area contributed by atoms with Crippen LogP contribution in [0.3, 0.4) is 0 Å². The van der Waals surface area contributed by atoms with E-state index in [1.54, 1.807) is 0 Å². The highest BCUT2D eigenvalue weighted by Gasteiger charge is 2.40. The lowest BCUT2D eigenvalue weighted by Gasteiger charge is -2.35. The number of hydrogen-bond acceptors (Lipinski definition) is 3. The summed E-state index contributed by atoms with van der Waals surface area (Å²) in [5, 5.41) is 0. The molecule has 0 radical (unpaired) electrons. The second-order valence-electron chi connectivity index (χ2n) is 4.70. The van der Waals surface area contributed by atoms with Crippen molar-refractivity contribution in [2.24, 2.45) is 0 Å². The summed E-state index contributed by atoms with van der Waals surface area (Å²) in [5.74, 6) is 0.516. The zero-order chi connectivity index (χ0) is 12.2. The van der Waals surface area contributed by atoms with Crippen LogP contribution in [0.5, 0.6) is 0 Å². The Morgan fingerprint density at radius 1 is 1.53 bits per heavy atom. The number of anilines is 1. The molecule has 2 aliphatic rings. The van der Waals surface area contributed by atoms with E-state index in [1.165, 1.54) is 6.07 Å². The Bertz CT molecular complexity index is 502. The largest absolute Gasteiger partial charge is 0.344 e. The standard InChI is InChI=1S/C12H12BrFN2O/c1-6-10(17)5-7-4-9(14)11(13)15-12(7)16(6)8-2-3-8/h4,6,8H,2-3,5H2,1H3. The van der Waals surface area contributed by atoms with Crippen LogP contribution in [0, 0.1) is 5.82 Å². The van der Waals surface area contributed by atoms with Gasteiger partial charge in [-0.3, -0.25) is 4.79 Å². The first-order valence-corrected chi connectivity index (χ1v) is 6.53. The molecule has 1 aliphatic carbocycles. The SMILES string of the molecule is CC1C(=O)Cc2cc(F)c(Br)nc2N1C1CC1. The van der Waals surface area contributed by atoms with Crippen molar-refractivity contribution >= 4 is 27.5 Å². The lowest BCUT2D eigenvalue weighted by Crippen LogP contribution is -2.46. The zero-order valence-electron chi connectivity index (χ0n) is 9.41. The molecular weight excluding hydrogens is 287 g/mol. The minimum absolute atomic E-state index is 0.139. The first kappa shape index (κ1) is 11.1. The van der Waals surface area contributed by atoms with Crippen LogP contribution >= 0.6 is 15.9 Å². The third kappa shape index (κ3) is 1.76. The molecule has 17 heavy (non-hydrogen) atoms. The second kappa shape index (κ2) is 3.77. The third-order valence-corrected chi connectivity index (χ3v) is 3.98. The van der Waals surface area contributed by atoms with Crippen molar-refractivity contribution in [3.05, 3.63) is 22.1 Å². The van der Waals surface area contributed by atoms with E-state index in [-0.39, 0.29) is 22.8 Å². The number of halogens is 2. The van der Waals surface area contributed by atoms with Crippen molar-refractivity contribution in [1.29, 1.82) is 0 Å². The van der Waals surface area contributed by atoms with Crippen LogP contribution in [-0.2, 0) is 11.2 Å². The van der Waals surface area contributed by atoms with Crippen molar-refractivity contribution in [3.8, 4) is 0 Å². The minimum Gasteiger partial charge on any atom is -0.344 e. The summed E-state index contributed by atoms with van der Waals surface area (Å²) in [5.41, 5.74) is 0.709. The van der Waals surface area contributed by atoms with Gasteiger partial charge in [0.15, 0.2) is 11.6 Å². The highest BCUT2D eigenvalue weighted by atomic mass is 79.9. The third-order valence-electron chi connectivity index (χ3n) is 3.42. The number of nitrogens with zero attached hydrogens (tertiary/aromatic N) is 2. The fourth-order valence-corrected chi connectivity index (χ4v) is 2.65. The first-order chi connectivity index (χ1) is 8.08. The Kier molecular flexibility index (Phi) is 2.47. The second-order valence-corrected chi connectivity index (χ2v) is 5.45. The van der Waals surface area contributed by atoms with E-state index >= 15 is 0 Å². The average Bonchev–Trinajstić information content (AvgIpc) is 3.07. The lowest BCUT2D eigenvalue weighted by molar-refractivity contribution is -0.119. The van der Waals surface area contributed by atoms with Gasteiger partial charge in [0, 0.05) is 18.0 Å². The number of carbonyl (C=O) groups is 1. The summed E-state index contributed by atoms with van der Waals surface area (Å²) in [6.45, 7) is 1.91. The summed E-state index contributed by atoms with van der Waals surface area (Å²) < 4.78 is 13.7. The maximum Gasteiger partial charge on any atom is 0.159 e. The summed E-state index contributed by atoms with van der Waals surface area (Å²) in [6.07, 6.45) is 2.47. The molecule has 0 N–H and O–H groups in total. The zero-order valence-corrected chi connectivity index (χ0v) is 11.0. The minimum atomic E-state index is -0.401. The van der Waals surface area contributed by atoms with Crippen molar-refractivity contribution in [2.45, 2.75) is 38.3 Å². The fraction of sp³-hybridized carbons (Fsp3) is 0.500. The molecule has 0 saturated heterocycles. The predicted molar refractivity (Wildman–Crippen MR) is 65.6 cm³/mol. The van der Waals surface area contributed by atoms with Crippen LogP contribution < -0.4 is 4.90 Å². The predicted octanol–water partition coefficient (Wildman–Crippen LogP) is 2.47. The number of carbonyl (C=O) groups excluding carboxylic acids is 1. The normalized spacial score (nSPS) is 23.8. The summed E-state index contributed by atoms with van der Waals surface area (Å²) in [4.78, 5) is 18.2. The molecule has 1 unspecified atom stereocenters. The molecule has 1 aliphatic heterocycles. The fourth-order valence-electron chi connectivity index (χ4n) is 2.36. The highest BCUT2D eigenvalue weighted by molar-refractivity contribution is 9.10. The van der Waals surface area contributed by atoms with Gasteiger partial charge in [-0.2, -0.15) is 0 Å². The van der Waals surface area contributed by atoms with Crippen molar-refractivity contribution in [1.82, 2.24) is 4.98 Å². The van der Waals surface area contributed by atoms with Crippen LogP contribution in [0.25, 0.3) is 0 Å². The number of pyridine rings is 1. The van der Waals surface area contributed by atoms with E-state index in [0.717, 1.165) is 18.7 Å². The number of aromatic nitrogens is 1. The van der Waals surface area contributed by atoms with Gasteiger partial charge >= 0.3 is 0 Å². The average molecular weight is 299 g/mol. The summed E-state index contributed by atoms with van der Waals surface area (Å²) in [7, 11) is 0. The number of Topliss-reactive ketones (excluding diaryl/α,β-unsaturated/α-hetero) is 1. The first-order valence-electron chi connectivity index (χ1n) is 5.74. The van der Waals surface area contributed by atoms with Gasteiger partial charge in [0.25, 0.3) is 0 Å². The van der Waals surface area contributed by atoms with Gasteiger partial charge in [0.05, 0.1) is 6.04 Å². The molecule has 1 atom stereocenters. The molecule has 0 bridgehead atoms. The molecule has 3 rings (SSSR count). The number of fused-ring (bicyclic) bond motifs is 1. The smallest absolute Gasteiger partial charge is 0.159 e. The van der Waals surface area contributed by atoms with Gasteiger partial charge in [-0.1, -0.05) is 0 Å². The van der Waals surface area contributed by atoms with E-state index in [4.69, 9.17) is 0 Å². The molecule has 3 nitrogen and oxygen atoms in total. The van der Waals surface area contributed by atoms with Crippen molar-refractivity contribution in [2.75, 3.05) is 4.90 Å². The van der Waals surface area contributed by atoms with E-state index < -0.39 is 5.82 Å². The van der Waals surface area contributed by atoms with E-state index in [9.17, 15) is 9.18 Å². The van der Waals surface area contributed by atoms with Crippen molar-refractivity contribution < 1.29 is 9.18 Å². The molecule has 5 heteroatoms. The Balaban J connectivity index is 2.12. The molecule has 1 aromatic rings. The number of rotatable bonds is 1. The summed E-state index contributed by atoms with van der Waals surface area (Å²) >= 11 is 3.11. The summed E-state index contributed by atoms with van der Waals surface area (Å²) in [6, 6.07) is 1.68. The molecule has 1 fully saturated rings. The van der Waals surface area contributed by atoms with E-state index in [0.29, 0.717) is 11.6 Å². The van der Waals surface area contributed by atoms with Crippen LogP contribution in [0.4, 0.5) is 10.2 Å². The Morgan fingerprint density at radius 2 is 2.24 bits per heavy atom. The molecule has 0 aromatic carbocycles. The van der Waals surface area contributed by atoms with Crippen molar-refractivity contribution in [3.63, 3.8) is 0 Å². The maximum absolute atomic E-state index is 13.4. The van der Waals surface area contributed by atoms with Crippen LogP contribution in [-0.4, -0.2) is 22.9 Å². The molecule has 2 heterocycles. The van der Waals surface area contributed by atoms with Gasteiger partial charge < -0.3 is 4.90 Å². The van der Waals surface area contributed by atoms with Crippen LogP contribution in [0.1, 0.15) is 25.3 Å². The Morgan fingerprint density at radius 3 is 2.88 bits per heavy atom.